The first-order valence-corrected chi connectivity index (χ1v) is 9.31. The molecule has 0 N–H and O–H groups in total. The molecule has 1 heterocycles. The normalized spacial score (nSPS) is 18.9. The van der Waals surface area contributed by atoms with Crippen molar-refractivity contribution in [1.82, 2.24) is 4.31 Å². The number of nitrogens with zero attached hydrogens (tertiary/aromatic N) is 1. The van der Waals surface area contributed by atoms with Crippen LogP contribution in [0.4, 0.5) is 0 Å². The molecule has 5 heteroatoms. The molecule has 23 heavy (non-hydrogen) atoms. The van der Waals surface area contributed by atoms with Gasteiger partial charge in [-0.2, -0.15) is 4.31 Å². The Hall–Kier alpha value is -1.98. The Bertz CT molecular complexity index is 772. The van der Waals surface area contributed by atoms with Gasteiger partial charge in [-0.1, -0.05) is 60.7 Å². The Balaban J connectivity index is 1.82. The van der Waals surface area contributed by atoms with Gasteiger partial charge in [0.05, 0.1) is 11.8 Å². The van der Waals surface area contributed by atoms with Gasteiger partial charge in [0.15, 0.2) is 5.78 Å². The molecule has 1 fully saturated rings. The number of carbonyl (C=O) groups excluding carboxylic acids is 1. The van der Waals surface area contributed by atoms with Crippen molar-refractivity contribution in [3.63, 3.8) is 0 Å². The fourth-order valence-corrected chi connectivity index (χ4v) is 4.77. The molecule has 0 aliphatic carbocycles. The van der Waals surface area contributed by atoms with Gasteiger partial charge in [-0.15, -0.1) is 0 Å². The average Bonchev–Trinajstić information content (AvgIpc) is 3.06. The van der Waals surface area contributed by atoms with Crippen LogP contribution in [0.1, 0.15) is 28.8 Å². The summed E-state index contributed by atoms with van der Waals surface area (Å²) in [5.41, 5.74) is 1.31. The first kappa shape index (κ1) is 15.9. The maximum absolute atomic E-state index is 12.7. The SMILES string of the molecule is O=C(c1ccccc1)C1CCCN1S(=O)(=O)Cc1ccccc1. The third-order valence-electron chi connectivity index (χ3n) is 4.11. The van der Waals surface area contributed by atoms with E-state index < -0.39 is 16.1 Å². The van der Waals surface area contributed by atoms with Crippen LogP contribution in [0.3, 0.4) is 0 Å². The molecule has 0 amide bonds. The molecule has 120 valence electrons. The molecular formula is C18H19NO3S. The molecule has 0 aromatic heterocycles. The zero-order chi connectivity index (χ0) is 16.3. The zero-order valence-electron chi connectivity index (χ0n) is 12.8. The summed E-state index contributed by atoms with van der Waals surface area (Å²) in [5, 5.41) is 0. The number of rotatable bonds is 5. The predicted octanol–water partition coefficient (Wildman–Crippen LogP) is 2.86. The number of benzene rings is 2. The Kier molecular flexibility index (Phi) is 4.59. The first-order valence-electron chi connectivity index (χ1n) is 7.70. The Morgan fingerprint density at radius 2 is 1.61 bits per heavy atom. The van der Waals surface area contributed by atoms with E-state index >= 15 is 0 Å². The van der Waals surface area contributed by atoms with Crippen molar-refractivity contribution < 1.29 is 13.2 Å². The second kappa shape index (κ2) is 6.64. The van der Waals surface area contributed by atoms with E-state index in [0.29, 0.717) is 18.5 Å². The highest BCUT2D eigenvalue weighted by atomic mass is 32.2. The van der Waals surface area contributed by atoms with Crippen LogP contribution in [0.5, 0.6) is 0 Å². The van der Waals surface area contributed by atoms with Crippen LogP contribution in [0, 0.1) is 0 Å². The summed E-state index contributed by atoms with van der Waals surface area (Å²) in [5.74, 6) is -0.174. The van der Waals surface area contributed by atoms with Crippen LogP contribution < -0.4 is 0 Å². The maximum Gasteiger partial charge on any atom is 0.218 e. The summed E-state index contributed by atoms with van der Waals surface area (Å²) in [7, 11) is -3.50. The summed E-state index contributed by atoms with van der Waals surface area (Å²) >= 11 is 0. The summed E-state index contributed by atoms with van der Waals surface area (Å²) in [6.45, 7) is 0.415. The van der Waals surface area contributed by atoms with E-state index in [1.165, 1.54) is 4.31 Å². The molecule has 2 aromatic carbocycles. The molecular weight excluding hydrogens is 310 g/mol. The fourth-order valence-electron chi connectivity index (χ4n) is 3.00. The van der Waals surface area contributed by atoms with Crippen LogP contribution in [-0.4, -0.2) is 31.1 Å². The van der Waals surface area contributed by atoms with Crippen molar-refractivity contribution in [2.75, 3.05) is 6.54 Å². The fraction of sp³-hybridized carbons (Fsp3) is 0.278. The van der Waals surface area contributed by atoms with Crippen molar-refractivity contribution in [2.24, 2.45) is 0 Å². The maximum atomic E-state index is 12.7. The standard InChI is InChI=1S/C18H19NO3S/c20-18(16-10-5-2-6-11-16)17-12-7-13-19(17)23(21,22)14-15-8-3-1-4-9-15/h1-6,8-11,17H,7,12-14H2. The molecule has 0 spiro atoms. The van der Waals surface area contributed by atoms with E-state index in [-0.39, 0.29) is 11.5 Å². The second-order valence-corrected chi connectivity index (χ2v) is 7.66. The highest BCUT2D eigenvalue weighted by molar-refractivity contribution is 7.88. The molecule has 1 unspecified atom stereocenters. The zero-order valence-corrected chi connectivity index (χ0v) is 13.6. The third kappa shape index (κ3) is 3.51. The number of hydrogen-bond acceptors (Lipinski definition) is 3. The highest BCUT2D eigenvalue weighted by Crippen LogP contribution is 2.26. The molecule has 1 aliphatic heterocycles. The molecule has 1 aliphatic rings. The number of hydrogen-bond donors (Lipinski definition) is 0. The minimum atomic E-state index is -3.50. The predicted molar refractivity (Wildman–Crippen MR) is 89.6 cm³/mol. The quantitative estimate of drug-likeness (QED) is 0.793. The molecule has 4 nitrogen and oxygen atoms in total. The highest BCUT2D eigenvalue weighted by Gasteiger charge is 2.38. The third-order valence-corrected chi connectivity index (χ3v) is 5.96. The summed E-state index contributed by atoms with van der Waals surface area (Å²) < 4.78 is 26.8. The van der Waals surface area contributed by atoms with Crippen LogP contribution in [0.15, 0.2) is 60.7 Å². The number of Topliss-reactive ketones (excluding diaryl/α,β-unsaturated/α-hetero) is 1. The largest absolute Gasteiger partial charge is 0.292 e. The lowest BCUT2D eigenvalue weighted by atomic mass is 10.0. The van der Waals surface area contributed by atoms with Gasteiger partial charge in [0.25, 0.3) is 0 Å². The van der Waals surface area contributed by atoms with Gasteiger partial charge in [-0.25, -0.2) is 8.42 Å². The Labute approximate surface area is 136 Å². The lowest BCUT2D eigenvalue weighted by Crippen LogP contribution is -2.41. The van der Waals surface area contributed by atoms with Gasteiger partial charge in [0, 0.05) is 12.1 Å². The van der Waals surface area contributed by atoms with Gasteiger partial charge in [-0.3, -0.25) is 4.79 Å². The van der Waals surface area contributed by atoms with E-state index in [4.69, 9.17) is 0 Å². The Morgan fingerprint density at radius 3 is 2.26 bits per heavy atom. The van der Waals surface area contributed by atoms with E-state index in [0.717, 1.165) is 12.0 Å². The lowest BCUT2D eigenvalue weighted by Gasteiger charge is -2.23. The van der Waals surface area contributed by atoms with Crippen molar-refractivity contribution in [3.05, 3.63) is 71.8 Å². The van der Waals surface area contributed by atoms with Crippen LogP contribution >= 0.6 is 0 Å². The topological polar surface area (TPSA) is 54.5 Å². The second-order valence-electron chi connectivity index (χ2n) is 5.74. The van der Waals surface area contributed by atoms with Crippen molar-refractivity contribution in [3.8, 4) is 0 Å². The van der Waals surface area contributed by atoms with Gasteiger partial charge >= 0.3 is 0 Å². The average molecular weight is 329 g/mol. The van der Waals surface area contributed by atoms with E-state index in [9.17, 15) is 13.2 Å². The molecule has 2 aromatic rings. The monoisotopic (exact) mass is 329 g/mol. The van der Waals surface area contributed by atoms with Gasteiger partial charge in [0.1, 0.15) is 0 Å². The van der Waals surface area contributed by atoms with Gasteiger partial charge in [0.2, 0.25) is 10.0 Å². The number of ketones is 1. The van der Waals surface area contributed by atoms with Crippen molar-refractivity contribution >= 4 is 15.8 Å². The van der Waals surface area contributed by atoms with Gasteiger partial charge < -0.3 is 0 Å². The molecule has 1 saturated heterocycles. The molecule has 0 bridgehead atoms. The first-order chi connectivity index (χ1) is 11.1. The summed E-state index contributed by atoms with van der Waals surface area (Å²) in [4.78, 5) is 12.7. The van der Waals surface area contributed by atoms with Crippen molar-refractivity contribution in [2.45, 2.75) is 24.6 Å². The molecule has 0 saturated carbocycles. The van der Waals surface area contributed by atoms with Crippen molar-refractivity contribution in [1.29, 1.82) is 0 Å². The molecule has 0 radical (unpaired) electrons. The van der Waals surface area contributed by atoms with Crippen LogP contribution in [0.25, 0.3) is 0 Å². The summed E-state index contributed by atoms with van der Waals surface area (Å²) in [6.07, 6.45) is 1.30. The number of sulfonamides is 1. The van der Waals surface area contributed by atoms with E-state index in [2.05, 4.69) is 0 Å². The molecule has 3 rings (SSSR count). The van der Waals surface area contributed by atoms with E-state index in [1.807, 2.05) is 24.3 Å². The molecule has 1 atom stereocenters. The van der Waals surface area contributed by atoms with Gasteiger partial charge in [-0.05, 0) is 18.4 Å². The van der Waals surface area contributed by atoms with E-state index in [1.54, 1.807) is 36.4 Å². The summed E-state index contributed by atoms with van der Waals surface area (Å²) in [6, 6.07) is 17.4. The minimum Gasteiger partial charge on any atom is -0.292 e. The van der Waals surface area contributed by atoms with Crippen LogP contribution in [0.2, 0.25) is 0 Å². The minimum absolute atomic E-state index is 0.0631. The Morgan fingerprint density at radius 1 is 1.00 bits per heavy atom. The van der Waals surface area contributed by atoms with Crippen LogP contribution in [-0.2, 0) is 15.8 Å². The number of carbonyl (C=O) groups is 1. The lowest BCUT2D eigenvalue weighted by molar-refractivity contribution is 0.0918. The smallest absolute Gasteiger partial charge is 0.218 e.